The molecule has 0 aliphatic carbocycles. The number of sulfonamides is 1. The standard InChI is InChI=1S/C28H33N3O5S2/c1-7-36-26(33)22-20-16-27(3,4)31-28(5,6)23(20)37-25(22)29-24(32)19-10-8-9-11-21(19)30-38(34,35)18-14-12-17(2)13-15-18/h8-15,30-31H,7,16H2,1-6H3,(H,29,32). The molecule has 1 amide bonds. The molecule has 0 saturated heterocycles. The van der Waals surface area contributed by atoms with Gasteiger partial charge in [-0.1, -0.05) is 29.8 Å². The molecule has 202 valence electrons. The summed E-state index contributed by atoms with van der Waals surface area (Å²) in [7, 11) is -3.93. The number of hydrogen-bond acceptors (Lipinski definition) is 7. The number of carbonyl (C=O) groups is 2. The summed E-state index contributed by atoms with van der Waals surface area (Å²) >= 11 is 1.33. The molecule has 8 nitrogen and oxygen atoms in total. The highest BCUT2D eigenvalue weighted by atomic mass is 32.2. The molecule has 3 N–H and O–H groups in total. The SMILES string of the molecule is CCOC(=O)c1c(NC(=O)c2ccccc2NS(=O)(=O)c2ccc(C)cc2)sc2c1CC(C)(C)NC2(C)C. The van der Waals surface area contributed by atoms with Gasteiger partial charge in [0.1, 0.15) is 5.00 Å². The number of anilines is 2. The van der Waals surface area contributed by atoms with Crippen LogP contribution in [0.2, 0.25) is 0 Å². The number of fused-ring (bicyclic) bond motifs is 1. The summed E-state index contributed by atoms with van der Waals surface area (Å²) < 4.78 is 33.9. The number of nitrogens with one attached hydrogen (secondary N) is 3. The van der Waals surface area contributed by atoms with Crippen molar-refractivity contribution in [2.75, 3.05) is 16.6 Å². The molecular formula is C28H33N3O5S2. The van der Waals surface area contributed by atoms with E-state index in [-0.39, 0.29) is 28.3 Å². The first-order valence-corrected chi connectivity index (χ1v) is 14.7. The molecule has 0 bridgehead atoms. The predicted molar refractivity (Wildman–Crippen MR) is 151 cm³/mol. The fourth-order valence-corrected chi connectivity index (χ4v) is 7.24. The largest absolute Gasteiger partial charge is 0.462 e. The molecule has 2 heterocycles. The zero-order chi connectivity index (χ0) is 27.9. The Bertz CT molecular complexity index is 1490. The van der Waals surface area contributed by atoms with Gasteiger partial charge in [-0.05, 0) is 77.8 Å². The highest BCUT2D eigenvalue weighted by Crippen LogP contribution is 2.45. The third kappa shape index (κ3) is 5.62. The van der Waals surface area contributed by atoms with Crippen molar-refractivity contribution in [3.05, 3.63) is 75.7 Å². The van der Waals surface area contributed by atoms with Gasteiger partial charge in [0.25, 0.3) is 15.9 Å². The highest BCUT2D eigenvalue weighted by Gasteiger charge is 2.42. The van der Waals surface area contributed by atoms with Gasteiger partial charge < -0.3 is 15.4 Å². The van der Waals surface area contributed by atoms with Gasteiger partial charge in [-0.25, -0.2) is 13.2 Å². The van der Waals surface area contributed by atoms with Gasteiger partial charge in [-0.15, -0.1) is 11.3 Å². The van der Waals surface area contributed by atoms with E-state index in [0.29, 0.717) is 17.0 Å². The normalized spacial score (nSPS) is 15.8. The van der Waals surface area contributed by atoms with Crippen LogP contribution in [0.1, 0.15) is 71.3 Å². The molecule has 4 rings (SSSR count). The van der Waals surface area contributed by atoms with Crippen molar-refractivity contribution in [1.82, 2.24) is 5.32 Å². The van der Waals surface area contributed by atoms with Crippen LogP contribution in [0.15, 0.2) is 53.4 Å². The topological polar surface area (TPSA) is 114 Å². The van der Waals surface area contributed by atoms with Crippen molar-refractivity contribution in [2.24, 2.45) is 0 Å². The lowest BCUT2D eigenvalue weighted by Gasteiger charge is -2.42. The molecule has 2 aromatic carbocycles. The van der Waals surface area contributed by atoms with E-state index in [1.807, 2.05) is 20.8 Å². The van der Waals surface area contributed by atoms with E-state index in [1.54, 1.807) is 31.2 Å². The summed E-state index contributed by atoms with van der Waals surface area (Å²) in [6, 6.07) is 12.8. The molecular weight excluding hydrogens is 522 g/mol. The fraction of sp³-hybridized carbons (Fsp3) is 0.357. The molecule has 0 unspecified atom stereocenters. The average Bonchev–Trinajstić information content (AvgIpc) is 3.16. The zero-order valence-electron chi connectivity index (χ0n) is 22.4. The van der Waals surface area contributed by atoms with Gasteiger partial charge in [0.05, 0.1) is 28.3 Å². The Morgan fingerprint density at radius 3 is 2.37 bits per heavy atom. The Hall–Kier alpha value is -3.21. The third-order valence-electron chi connectivity index (χ3n) is 6.30. The van der Waals surface area contributed by atoms with E-state index in [1.165, 1.54) is 35.6 Å². The van der Waals surface area contributed by atoms with E-state index in [9.17, 15) is 18.0 Å². The van der Waals surface area contributed by atoms with Crippen molar-refractivity contribution in [3.63, 3.8) is 0 Å². The second-order valence-corrected chi connectivity index (χ2v) is 13.3. The molecule has 1 aromatic heterocycles. The minimum atomic E-state index is -3.93. The van der Waals surface area contributed by atoms with Gasteiger partial charge in [0.2, 0.25) is 0 Å². The molecule has 10 heteroatoms. The third-order valence-corrected chi connectivity index (χ3v) is 9.15. The molecule has 38 heavy (non-hydrogen) atoms. The van der Waals surface area contributed by atoms with Gasteiger partial charge in [0.15, 0.2) is 0 Å². The van der Waals surface area contributed by atoms with Crippen LogP contribution < -0.4 is 15.4 Å². The second kappa shape index (κ2) is 10.2. The highest BCUT2D eigenvalue weighted by molar-refractivity contribution is 7.92. The van der Waals surface area contributed by atoms with Gasteiger partial charge in [-0.3, -0.25) is 9.52 Å². The quantitative estimate of drug-likeness (QED) is 0.334. The first-order valence-electron chi connectivity index (χ1n) is 12.4. The number of ether oxygens (including phenoxy) is 1. The summed E-state index contributed by atoms with van der Waals surface area (Å²) in [5, 5.41) is 6.86. The van der Waals surface area contributed by atoms with Gasteiger partial charge in [0, 0.05) is 16.0 Å². The van der Waals surface area contributed by atoms with Crippen LogP contribution in [0.5, 0.6) is 0 Å². The smallest absolute Gasteiger partial charge is 0.341 e. The minimum absolute atomic E-state index is 0.0891. The lowest BCUT2D eigenvalue weighted by molar-refractivity contribution is 0.0525. The summed E-state index contributed by atoms with van der Waals surface area (Å²) in [4.78, 5) is 27.7. The molecule has 0 spiro atoms. The molecule has 0 saturated carbocycles. The van der Waals surface area contributed by atoms with Crippen LogP contribution >= 0.6 is 11.3 Å². The monoisotopic (exact) mass is 555 g/mol. The number of rotatable bonds is 7. The Labute approximate surface area is 227 Å². The van der Waals surface area contributed by atoms with E-state index >= 15 is 0 Å². The zero-order valence-corrected chi connectivity index (χ0v) is 24.0. The van der Waals surface area contributed by atoms with Crippen molar-refractivity contribution in [1.29, 1.82) is 0 Å². The van der Waals surface area contributed by atoms with Crippen molar-refractivity contribution < 1.29 is 22.7 Å². The van der Waals surface area contributed by atoms with E-state index in [4.69, 9.17) is 4.74 Å². The lowest BCUT2D eigenvalue weighted by atomic mass is 9.81. The Morgan fingerprint density at radius 1 is 1.05 bits per heavy atom. The van der Waals surface area contributed by atoms with Crippen LogP contribution in [0, 0.1) is 6.92 Å². The Kier molecular flexibility index (Phi) is 7.44. The number of esters is 1. The molecule has 0 fully saturated rings. The van der Waals surface area contributed by atoms with Crippen LogP contribution in [0.3, 0.4) is 0 Å². The summed E-state index contributed by atoms with van der Waals surface area (Å²) in [6.07, 6.45) is 0.583. The van der Waals surface area contributed by atoms with Crippen molar-refractivity contribution >= 4 is 43.9 Å². The van der Waals surface area contributed by atoms with E-state index in [2.05, 4.69) is 29.2 Å². The minimum Gasteiger partial charge on any atom is -0.462 e. The van der Waals surface area contributed by atoms with E-state index in [0.717, 1.165) is 16.0 Å². The first-order chi connectivity index (χ1) is 17.7. The number of carbonyl (C=O) groups excluding carboxylic acids is 2. The second-order valence-electron chi connectivity index (χ2n) is 10.6. The van der Waals surface area contributed by atoms with Crippen LogP contribution in [-0.4, -0.2) is 32.4 Å². The number of amides is 1. The fourth-order valence-electron chi connectivity index (χ4n) is 4.90. The molecule has 1 aliphatic heterocycles. The molecule has 1 aliphatic rings. The predicted octanol–water partition coefficient (Wildman–Crippen LogP) is 5.45. The van der Waals surface area contributed by atoms with Gasteiger partial charge >= 0.3 is 5.97 Å². The molecule has 0 radical (unpaired) electrons. The number of aryl methyl sites for hydroxylation is 1. The summed E-state index contributed by atoms with van der Waals surface area (Å²) in [5.41, 5.74) is 1.68. The van der Waals surface area contributed by atoms with Crippen LogP contribution in [0.25, 0.3) is 0 Å². The maximum Gasteiger partial charge on any atom is 0.341 e. The maximum atomic E-state index is 13.5. The summed E-state index contributed by atoms with van der Waals surface area (Å²) in [5.74, 6) is -1.04. The first kappa shape index (κ1) is 27.8. The van der Waals surface area contributed by atoms with Crippen LogP contribution in [0.4, 0.5) is 10.7 Å². The van der Waals surface area contributed by atoms with Crippen molar-refractivity contribution in [3.8, 4) is 0 Å². The Morgan fingerprint density at radius 2 is 1.71 bits per heavy atom. The van der Waals surface area contributed by atoms with Gasteiger partial charge in [-0.2, -0.15) is 0 Å². The Balaban J connectivity index is 1.71. The number of para-hydroxylation sites is 1. The summed E-state index contributed by atoms with van der Waals surface area (Å²) in [6.45, 7) is 12.0. The average molecular weight is 556 g/mol. The van der Waals surface area contributed by atoms with Crippen molar-refractivity contribution in [2.45, 2.75) is 63.9 Å². The molecule has 3 aromatic rings. The number of thiophene rings is 1. The number of hydrogen-bond donors (Lipinski definition) is 3. The van der Waals surface area contributed by atoms with Crippen LogP contribution in [-0.2, 0) is 26.7 Å². The molecule has 0 atom stereocenters. The lowest BCUT2D eigenvalue weighted by Crippen LogP contribution is -2.55. The maximum absolute atomic E-state index is 13.5. The van der Waals surface area contributed by atoms with E-state index < -0.39 is 27.4 Å². The number of benzene rings is 2.